The second-order valence-corrected chi connectivity index (χ2v) is 7.52. The highest BCUT2D eigenvalue weighted by Gasteiger charge is 2.35. The van der Waals surface area contributed by atoms with Gasteiger partial charge in [0.2, 0.25) is 0 Å². The highest BCUT2D eigenvalue weighted by molar-refractivity contribution is 5.61. The van der Waals surface area contributed by atoms with Crippen LogP contribution in [0.3, 0.4) is 0 Å². The first kappa shape index (κ1) is 16.2. The molecule has 2 atom stereocenters. The number of nitrogens with two attached hydrogens (primary N) is 1. The number of hydrogen-bond acceptors (Lipinski definition) is 6. The van der Waals surface area contributed by atoms with Crippen LogP contribution in [0.15, 0.2) is 41.8 Å². The van der Waals surface area contributed by atoms with E-state index in [2.05, 4.69) is 30.9 Å². The van der Waals surface area contributed by atoms with Gasteiger partial charge in [0, 0.05) is 67.4 Å². The summed E-state index contributed by atoms with van der Waals surface area (Å²) in [5.41, 5.74) is 9.54. The average molecular weight is 363 g/mol. The Hall–Kier alpha value is -3.00. The van der Waals surface area contributed by atoms with Gasteiger partial charge in [0.05, 0.1) is 12.0 Å². The fourth-order valence-corrected chi connectivity index (χ4v) is 4.48. The molecule has 0 radical (unpaired) electrons. The summed E-state index contributed by atoms with van der Waals surface area (Å²) in [4.78, 5) is 30.7. The fourth-order valence-electron chi connectivity index (χ4n) is 4.48. The first-order chi connectivity index (χ1) is 13.2. The molecule has 0 saturated carbocycles. The molecular formula is C19H21N7O. The molecule has 0 amide bonds. The number of aromatic amines is 1. The van der Waals surface area contributed by atoms with Crippen LogP contribution in [0.5, 0.6) is 0 Å². The lowest BCUT2D eigenvalue weighted by Gasteiger charge is -2.42. The van der Waals surface area contributed by atoms with Crippen LogP contribution in [0.1, 0.15) is 23.7 Å². The van der Waals surface area contributed by atoms with Crippen LogP contribution in [-0.2, 0) is 13.1 Å². The third-order valence-corrected chi connectivity index (χ3v) is 5.56. The van der Waals surface area contributed by atoms with Crippen LogP contribution in [-0.4, -0.2) is 42.5 Å². The van der Waals surface area contributed by atoms with Crippen molar-refractivity contribution >= 4 is 5.82 Å². The number of hydrogen-bond donors (Lipinski definition) is 2. The van der Waals surface area contributed by atoms with Gasteiger partial charge in [-0.3, -0.25) is 9.69 Å². The number of likely N-dealkylation sites (tertiary alicyclic amines) is 1. The Balaban J connectivity index is 1.49. The smallest absolute Gasteiger partial charge is 0.251 e. The summed E-state index contributed by atoms with van der Waals surface area (Å²) in [7, 11) is 0. The molecule has 0 unspecified atom stereocenters. The van der Waals surface area contributed by atoms with E-state index in [-0.39, 0.29) is 5.56 Å². The summed E-state index contributed by atoms with van der Waals surface area (Å²) in [5, 5.41) is 0. The number of nitrogens with one attached hydrogen (secondary N) is 1. The standard InChI is InChI=1S/C19H21N7O/c20-18-4-16(23-11-24-18)13-2-17-14-1-12(7-26(17)19(27)3-13)6-25(8-14)9-15-5-21-10-22-15/h2-5,10-12,14H,1,6-9H2,(H,21,22)(H2,20,23,24)/t12-,14+/m0/s1. The minimum Gasteiger partial charge on any atom is -0.384 e. The van der Waals surface area contributed by atoms with E-state index in [0.29, 0.717) is 23.3 Å². The average Bonchev–Trinajstić information content (AvgIpc) is 3.15. The molecule has 2 aliphatic rings. The first-order valence-electron chi connectivity index (χ1n) is 9.18. The predicted octanol–water partition coefficient (Wildman–Crippen LogP) is 1.23. The van der Waals surface area contributed by atoms with Crippen molar-refractivity contribution in [3.63, 3.8) is 0 Å². The summed E-state index contributed by atoms with van der Waals surface area (Å²) in [6.07, 6.45) is 6.15. The van der Waals surface area contributed by atoms with Gasteiger partial charge in [0.15, 0.2) is 0 Å². The lowest BCUT2D eigenvalue weighted by Crippen LogP contribution is -2.46. The maximum absolute atomic E-state index is 12.8. The normalized spacial score (nSPS) is 21.8. The van der Waals surface area contributed by atoms with Crippen molar-refractivity contribution in [1.29, 1.82) is 0 Å². The van der Waals surface area contributed by atoms with Crippen LogP contribution < -0.4 is 11.3 Å². The molecule has 2 aliphatic heterocycles. The van der Waals surface area contributed by atoms with Gasteiger partial charge in [-0.05, 0) is 18.4 Å². The molecule has 1 saturated heterocycles. The number of rotatable bonds is 3. The Labute approximate surface area is 156 Å². The number of piperidine rings is 1. The van der Waals surface area contributed by atoms with Crippen LogP contribution in [0.4, 0.5) is 5.82 Å². The van der Waals surface area contributed by atoms with E-state index in [1.165, 1.54) is 6.33 Å². The van der Waals surface area contributed by atoms with Crippen LogP contribution in [0.2, 0.25) is 0 Å². The van der Waals surface area contributed by atoms with E-state index >= 15 is 0 Å². The highest BCUT2D eigenvalue weighted by Crippen LogP contribution is 2.36. The topological polar surface area (TPSA) is 106 Å². The summed E-state index contributed by atoms with van der Waals surface area (Å²) in [6.45, 7) is 3.58. The van der Waals surface area contributed by atoms with Gasteiger partial charge in [-0.2, -0.15) is 0 Å². The molecule has 1 fully saturated rings. The molecule has 0 spiro atoms. The lowest BCUT2D eigenvalue weighted by atomic mass is 9.82. The Bertz CT molecular complexity index is 1030. The van der Waals surface area contributed by atoms with Crippen molar-refractivity contribution in [1.82, 2.24) is 29.4 Å². The second kappa shape index (κ2) is 6.31. The molecular weight excluding hydrogens is 342 g/mol. The zero-order valence-electron chi connectivity index (χ0n) is 14.9. The maximum Gasteiger partial charge on any atom is 0.251 e. The second-order valence-electron chi connectivity index (χ2n) is 7.52. The van der Waals surface area contributed by atoms with Crippen molar-refractivity contribution in [3.05, 3.63) is 58.8 Å². The van der Waals surface area contributed by atoms with E-state index < -0.39 is 0 Å². The van der Waals surface area contributed by atoms with Crippen molar-refractivity contribution in [2.45, 2.75) is 25.4 Å². The Morgan fingerprint density at radius 1 is 1.19 bits per heavy atom. The van der Waals surface area contributed by atoms with Gasteiger partial charge in [-0.1, -0.05) is 0 Å². The third-order valence-electron chi connectivity index (χ3n) is 5.56. The largest absolute Gasteiger partial charge is 0.384 e. The van der Waals surface area contributed by atoms with Gasteiger partial charge in [-0.25, -0.2) is 15.0 Å². The first-order valence-corrected chi connectivity index (χ1v) is 9.18. The van der Waals surface area contributed by atoms with Gasteiger partial charge < -0.3 is 15.3 Å². The number of anilines is 1. The highest BCUT2D eigenvalue weighted by atomic mass is 16.1. The van der Waals surface area contributed by atoms with Crippen LogP contribution >= 0.6 is 0 Å². The van der Waals surface area contributed by atoms with Gasteiger partial charge in [0.25, 0.3) is 5.56 Å². The molecule has 0 aliphatic carbocycles. The summed E-state index contributed by atoms with van der Waals surface area (Å²) in [5.74, 6) is 1.24. The van der Waals surface area contributed by atoms with Gasteiger partial charge >= 0.3 is 0 Å². The van der Waals surface area contributed by atoms with E-state index in [1.54, 1.807) is 18.5 Å². The Morgan fingerprint density at radius 2 is 2.11 bits per heavy atom. The number of fused-ring (bicyclic) bond motifs is 4. The number of H-pyrrole nitrogens is 1. The number of pyridine rings is 1. The zero-order valence-corrected chi connectivity index (χ0v) is 14.9. The molecule has 138 valence electrons. The monoisotopic (exact) mass is 363 g/mol. The molecule has 27 heavy (non-hydrogen) atoms. The fraction of sp³-hybridized carbons (Fsp3) is 0.368. The predicted molar refractivity (Wildman–Crippen MR) is 101 cm³/mol. The number of aromatic nitrogens is 5. The molecule has 3 N–H and O–H groups in total. The molecule has 3 aromatic rings. The quantitative estimate of drug-likeness (QED) is 0.725. The van der Waals surface area contributed by atoms with Gasteiger partial charge in [0.1, 0.15) is 12.1 Å². The van der Waals surface area contributed by atoms with Crippen molar-refractivity contribution in [3.8, 4) is 11.3 Å². The molecule has 8 nitrogen and oxygen atoms in total. The minimum absolute atomic E-state index is 0.0383. The van der Waals surface area contributed by atoms with Crippen LogP contribution in [0.25, 0.3) is 11.3 Å². The third kappa shape index (κ3) is 3.02. The van der Waals surface area contributed by atoms with E-state index in [0.717, 1.165) is 49.6 Å². The minimum atomic E-state index is 0.0383. The van der Waals surface area contributed by atoms with Crippen molar-refractivity contribution in [2.24, 2.45) is 5.92 Å². The van der Waals surface area contributed by atoms with E-state index in [9.17, 15) is 4.79 Å². The maximum atomic E-state index is 12.8. The molecule has 3 aromatic heterocycles. The number of imidazole rings is 1. The molecule has 8 heteroatoms. The lowest BCUT2D eigenvalue weighted by molar-refractivity contribution is 0.113. The van der Waals surface area contributed by atoms with Gasteiger partial charge in [-0.15, -0.1) is 0 Å². The molecule has 2 bridgehead atoms. The zero-order chi connectivity index (χ0) is 18.4. The molecule has 5 rings (SSSR count). The SMILES string of the molecule is Nc1cc(-c2cc3n(c(=O)c2)C[C@H]2C[C@@H]3CN(Cc3cnc[nH]3)C2)ncn1. The number of nitrogen functional groups attached to an aromatic ring is 1. The summed E-state index contributed by atoms with van der Waals surface area (Å²) < 4.78 is 1.94. The van der Waals surface area contributed by atoms with Crippen molar-refractivity contribution in [2.75, 3.05) is 18.8 Å². The Morgan fingerprint density at radius 3 is 2.93 bits per heavy atom. The number of nitrogens with zero attached hydrogens (tertiary/aromatic N) is 5. The Kier molecular flexibility index (Phi) is 3.78. The van der Waals surface area contributed by atoms with E-state index in [1.807, 2.05) is 10.8 Å². The molecule has 0 aromatic carbocycles. The summed E-state index contributed by atoms with van der Waals surface area (Å²) >= 11 is 0. The van der Waals surface area contributed by atoms with Crippen molar-refractivity contribution < 1.29 is 0 Å². The summed E-state index contributed by atoms with van der Waals surface area (Å²) in [6, 6.07) is 5.47. The van der Waals surface area contributed by atoms with Crippen LogP contribution in [0, 0.1) is 5.92 Å². The van der Waals surface area contributed by atoms with E-state index in [4.69, 9.17) is 5.73 Å². The molecule has 5 heterocycles.